The van der Waals surface area contributed by atoms with Crippen molar-refractivity contribution < 1.29 is 38.6 Å². The summed E-state index contributed by atoms with van der Waals surface area (Å²) in [6, 6.07) is 0. The van der Waals surface area contributed by atoms with Crippen molar-refractivity contribution in [3.8, 4) is 0 Å². The van der Waals surface area contributed by atoms with Gasteiger partial charge in [-0.1, -0.05) is 0 Å². The first-order valence-electron chi connectivity index (χ1n) is 6.21. The van der Waals surface area contributed by atoms with Gasteiger partial charge in [0.2, 0.25) is 0 Å². The first-order valence-corrected chi connectivity index (χ1v) is 7.74. The van der Waals surface area contributed by atoms with Crippen molar-refractivity contribution in [1.82, 2.24) is 9.55 Å². The number of hydrogen-bond acceptors (Lipinski definition) is 7. The second-order valence-electron chi connectivity index (χ2n) is 4.73. The van der Waals surface area contributed by atoms with Crippen LogP contribution >= 0.6 is 7.82 Å². The number of phosphoric ester groups is 1. The molecule has 23 heavy (non-hydrogen) atoms. The number of nitrogens with zero attached hydrogens (tertiary/aromatic N) is 1. The normalized spacial score (nSPS) is 24.7. The summed E-state index contributed by atoms with van der Waals surface area (Å²) in [6.45, 7) is -0.633. The number of aromatic carboxylic acids is 1. The maximum atomic E-state index is 11.7. The summed E-state index contributed by atoms with van der Waals surface area (Å²) < 4.78 is 20.9. The van der Waals surface area contributed by atoms with Crippen molar-refractivity contribution in [2.45, 2.75) is 24.9 Å². The topological polar surface area (TPSA) is 188 Å². The number of carboxylic acids is 1. The van der Waals surface area contributed by atoms with E-state index in [9.17, 15) is 24.1 Å². The number of aliphatic hydroxyl groups is 1. The molecule has 1 aliphatic rings. The standard InChI is InChI=1S/C10H13N2O10P/c13-5-1-7(22-6(5)3-21-23(18,19)20)12-2-4(9(15)16)8(14)11-10(12)17/h2,5-7,13H,1,3H2,(H,15,16)(H,11,14,17)(H2,18,19,20). The molecule has 2 heterocycles. The van der Waals surface area contributed by atoms with E-state index < -0.39 is 55.6 Å². The van der Waals surface area contributed by atoms with Crippen molar-refractivity contribution in [2.75, 3.05) is 6.61 Å². The van der Waals surface area contributed by atoms with Crippen molar-refractivity contribution in [3.63, 3.8) is 0 Å². The highest BCUT2D eigenvalue weighted by molar-refractivity contribution is 7.46. The molecule has 1 fully saturated rings. The van der Waals surface area contributed by atoms with Crippen LogP contribution in [0.25, 0.3) is 0 Å². The van der Waals surface area contributed by atoms with Gasteiger partial charge in [0.05, 0.1) is 12.7 Å². The lowest BCUT2D eigenvalue weighted by Gasteiger charge is -2.16. The molecule has 5 N–H and O–H groups in total. The largest absolute Gasteiger partial charge is 0.477 e. The minimum Gasteiger partial charge on any atom is -0.477 e. The van der Waals surface area contributed by atoms with Gasteiger partial charge in [-0.15, -0.1) is 0 Å². The summed E-state index contributed by atoms with van der Waals surface area (Å²) in [5, 5.41) is 18.6. The average molecular weight is 352 g/mol. The van der Waals surface area contributed by atoms with Gasteiger partial charge in [0.15, 0.2) is 0 Å². The Morgan fingerprint density at radius 1 is 1.48 bits per heavy atom. The Bertz CT molecular complexity index is 764. The van der Waals surface area contributed by atoms with Crippen LogP contribution in [0.5, 0.6) is 0 Å². The fraction of sp³-hybridized carbons (Fsp3) is 0.500. The van der Waals surface area contributed by atoms with Crippen LogP contribution in [0.2, 0.25) is 0 Å². The van der Waals surface area contributed by atoms with Gasteiger partial charge in [-0.3, -0.25) is 18.9 Å². The average Bonchev–Trinajstić information content (AvgIpc) is 2.76. The molecule has 1 aliphatic heterocycles. The van der Waals surface area contributed by atoms with Gasteiger partial charge >= 0.3 is 19.5 Å². The third-order valence-corrected chi connectivity index (χ3v) is 3.61. The zero-order valence-corrected chi connectivity index (χ0v) is 12.3. The molecule has 1 aromatic rings. The number of aromatic amines is 1. The van der Waals surface area contributed by atoms with E-state index >= 15 is 0 Å². The molecule has 0 radical (unpaired) electrons. The highest BCUT2D eigenvalue weighted by atomic mass is 31.2. The third kappa shape index (κ3) is 4.13. The molecule has 12 nitrogen and oxygen atoms in total. The van der Waals surface area contributed by atoms with E-state index in [1.54, 1.807) is 4.98 Å². The van der Waals surface area contributed by atoms with Gasteiger partial charge in [0, 0.05) is 12.6 Å². The molecule has 128 valence electrons. The smallest absolute Gasteiger partial charge is 0.469 e. The predicted octanol–water partition coefficient (Wildman–Crippen LogP) is -2.01. The van der Waals surface area contributed by atoms with E-state index in [1.807, 2.05) is 0 Å². The van der Waals surface area contributed by atoms with E-state index in [-0.39, 0.29) is 6.42 Å². The number of H-pyrrole nitrogens is 1. The van der Waals surface area contributed by atoms with Crippen LogP contribution in [-0.2, 0) is 13.8 Å². The number of hydrogen-bond donors (Lipinski definition) is 5. The highest BCUT2D eigenvalue weighted by Gasteiger charge is 2.37. The number of ether oxygens (including phenoxy) is 1. The molecule has 3 atom stereocenters. The number of carboxylic acid groups (broad SMARTS) is 1. The fourth-order valence-electron chi connectivity index (χ4n) is 2.06. The lowest BCUT2D eigenvalue weighted by Crippen LogP contribution is -2.35. The number of phosphoric acid groups is 1. The fourth-order valence-corrected chi connectivity index (χ4v) is 2.40. The summed E-state index contributed by atoms with van der Waals surface area (Å²) in [4.78, 5) is 53.0. The number of rotatable bonds is 5. The molecular formula is C10H13N2O10P. The molecule has 0 amide bonds. The Morgan fingerprint density at radius 2 is 2.13 bits per heavy atom. The number of aromatic nitrogens is 2. The van der Waals surface area contributed by atoms with E-state index in [0.717, 1.165) is 10.8 Å². The second kappa shape index (κ2) is 6.35. The molecule has 0 aliphatic carbocycles. The molecule has 2 rings (SSSR count). The Kier molecular flexibility index (Phi) is 4.84. The SMILES string of the molecule is O=C(O)c1cn(C2CC(O)C(COP(=O)(O)O)O2)c(=O)[nH]c1=O. The Hall–Kier alpha value is -1.82. The molecular weight excluding hydrogens is 339 g/mol. The zero-order chi connectivity index (χ0) is 17.4. The summed E-state index contributed by atoms with van der Waals surface area (Å²) >= 11 is 0. The van der Waals surface area contributed by atoms with Crippen molar-refractivity contribution in [1.29, 1.82) is 0 Å². The Morgan fingerprint density at radius 3 is 2.70 bits per heavy atom. The van der Waals surface area contributed by atoms with E-state index in [1.165, 1.54) is 0 Å². The molecule has 1 aromatic heterocycles. The maximum absolute atomic E-state index is 11.7. The lowest BCUT2D eigenvalue weighted by atomic mass is 10.2. The molecule has 0 saturated carbocycles. The van der Waals surface area contributed by atoms with Crippen molar-refractivity contribution in [3.05, 3.63) is 32.6 Å². The zero-order valence-electron chi connectivity index (χ0n) is 11.4. The van der Waals surface area contributed by atoms with Gasteiger partial charge in [0.1, 0.15) is 17.9 Å². The molecule has 13 heteroatoms. The highest BCUT2D eigenvalue weighted by Crippen LogP contribution is 2.38. The van der Waals surface area contributed by atoms with Gasteiger partial charge in [-0.05, 0) is 0 Å². The number of carbonyl (C=O) groups is 1. The van der Waals surface area contributed by atoms with Crippen LogP contribution in [-0.4, -0.2) is 54.3 Å². The van der Waals surface area contributed by atoms with Crippen LogP contribution in [0.1, 0.15) is 23.0 Å². The monoisotopic (exact) mass is 352 g/mol. The van der Waals surface area contributed by atoms with Gasteiger partial charge in [-0.2, -0.15) is 0 Å². The second-order valence-corrected chi connectivity index (χ2v) is 5.97. The number of nitrogens with one attached hydrogen (secondary N) is 1. The summed E-state index contributed by atoms with van der Waals surface area (Å²) in [5.41, 5.74) is -2.73. The minimum atomic E-state index is -4.76. The van der Waals surface area contributed by atoms with Crippen LogP contribution in [0, 0.1) is 0 Å². The third-order valence-electron chi connectivity index (χ3n) is 3.12. The number of aliphatic hydroxyl groups excluding tert-OH is 1. The summed E-state index contributed by atoms with van der Waals surface area (Å²) in [5.74, 6) is -1.56. The van der Waals surface area contributed by atoms with Crippen LogP contribution in [0.4, 0.5) is 0 Å². The summed E-state index contributed by atoms with van der Waals surface area (Å²) in [6.07, 6.45) is -2.87. The maximum Gasteiger partial charge on any atom is 0.469 e. The van der Waals surface area contributed by atoms with Crippen LogP contribution in [0.15, 0.2) is 15.8 Å². The minimum absolute atomic E-state index is 0.166. The van der Waals surface area contributed by atoms with Crippen molar-refractivity contribution >= 4 is 13.8 Å². The predicted molar refractivity (Wildman–Crippen MR) is 70.8 cm³/mol. The lowest BCUT2D eigenvalue weighted by molar-refractivity contribution is -0.0451. The van der Waals surface area contributed by atoms with Gasteiger partial charge in [0.25, 0.3) is 5.56 Å². The first kappa shape index (κ1) is 17.5. The Labute approximate surface area is 127 Å². The molecule has 3 unspecified atom stereocenters. The summed E-state index contributed by atoms with van der Waals surface area (Å²) in [7, 11) is -4.76. The van der Waals surface area contributed by atoms with E-state index in [2.05, 4.69) is 4.52 Å². The van der Waals surface area contributed by atoms with Gasteiger partial charge in [-0.25, -0.2) is 14.2 Å². The van der Waals surface area contributed by atoms with E-state index in [0.29, 0.717) is 0 Å². The van der Waals surface area contributed by atoms with E-state index in [4.69, 9.17) is 19.6 Å². The first-order chi connectivity index (χ1) is 10.6. The molecule has 0 aromatic carbocycles. The van der Waals surface area contributed by atoms with Gasteiger partial charge < -0.3 is 24.7 Å². The quantitative estimate of drug-likeness (QED) is 0.370. The van der Waals surface area contributed by atoms with Crippen LogP contribution < -0.4 is 11.2 Å². The van der Waals surface area contributed by atoms with Crippen LogP contribution in [0.3, 0.4) is 0 Å². The Balaban J connectivity index is 2.22. The molecule has 0 bridgehead atoms. The molecule has 1 saturated heterocycles. The molecule has 0 spiro atoms. The van der Waals surface area contributed by atoms with Crippen molar-refractivity contribution in [2.24, 2.45) is 0 Å².